The molecule has 0 amide bonds. The van der Waals surface area contributed by atoms with Gasteiger partial charge >= 0.3 is 0 Å². The number of nitrogens with one attached hydrogen (secondary N) is 1. The van der Waals surface area contributed by atoms with E-state index in [2.05, 4.69) is 31.8 Å². The van der Waals surface area contributed by atoms with Crippen LogP contribution in [0.4, 0.5) is 0 Å². The minimum Gasteiger partial charge on any atom is -0.488 e. The van der Waals surface area contributed by atoms with Crippen LogP contribution in [0.25, 0.3) is 0 Å². The third-order valence-corrected chi connectivity index (χ3v) is 2.56. The largest absolute Gasteiger partial charge is 0.488 e. The van der Waals surface area contributed by atoms with Gasteiger partial charge in [-0.3, -0.25) is 0 Å². The molecule has 0 aliphatic rings. The molecule has 88 valence electrons. The molecule has 0 saturated heterocycles. The summed E-state index contributed by atoms with van der Waals surface area (Å²) in [5.41, 5.74) is 2.36. The van der Waals surface area contributed by atoms with Crippen molar-refractivity contribution in [2.45, 2.75) is 19.9 Å². The van der Waals surface area contributed by atoms with Gasteiger partial charge in [0.25, 0.3) is 0 Å². The lowest BCUT2D eigenvalue weighted by Gasteiger charge is -2.17. The van der Waals surface area contributed by atoms with Gasteiger partial charge in [-0.2, -0.15) is 0 Å². The third-order valence-electron chi connectivity index (χ3n) is 2.45. The monoisotopic (exact) mass is 239 g/mol. The van der Waals surface area contributed by atoms with Crippen LogP contribution in [0.5, 0.6) is 5.75 Å². The summed E-state index contributed by atoms with van der Waals surface area (Å²) in [6, 6.07) is 6.36. The Kier molecular flexibility index (Phi) is 4.84. The van der Waals surface area contributed by atoms with Gasteiger partial charge in [0.1, 0.15) is 12.4 Å². The van der Waals surface area contributed by atoms with Crippen LogP contribution in [0.2, 0.25) is 0 Å². The Morgan fingerprint density at radius 1 is 1.56 bits per heavy atom. The molecule has 0 spiro atoms. The summed E-state index contributed by atoms with van der Waals surface area (Å²) in [7, 11) is 1.93. The Morgan fingerprint density at radius 3 is 2.81 bits per heavy atom. The number of benzene rings is 1. The molecule has 0 heterocycles. The van der Waals surface area contributed by atoms with E-state index in [4.69, 9.17) is 16.3 Å². The number of hydrogen-bond donors (Lipinski definition) is 1. The van der Waals surface area contributed by atoms with Crippen LogP contribution in [-0.4, -0.2) is 13.7 Å². The second kappa shape index (κ2) is 5.92. The first kappa shape index (κ1) is 13.1. The van der Waals surface area contributed by atoms with Gasteiger partial charge < -0.3 is 10.1 Å². The molecule has 0 aliphatic heterocycles. The molecule has 1 rings (SSSR count). The zero-order valence-electron chi connectivity index (χ0n) is 10.0. The summed E-state index contributed by atoms with van der Waals surface area (Å²) < 4.78 is 5.61. The highest BCUT2D eigenvalue weighted by atomic mass is 35.5. The van der Waals surface area contributed by atoms with E-state index in [0.717, 1.165) is 11.3 Å². The van der Waals surface area contributed by atoms with E-state index in [-0.39, 0.29) is 6.04 Å². The summed E-state index contributed by atoms with van der Waals surface area (Å²) in [5.74, 6) is 0.856. The minimum absolute atomic E-state index is 0.249. The van der Waals surface area contributed by atoms with E-state index in [0.29, 0.717) is 11.6 Å². The zero-order valence-corrected chi connectivity index (χ0v) is 10.8. The molecule has 0 saturated carbocycles. The van der Waals surface area contributed by atoms with E-state index in [1.54, 1.807) is 0 Å². The van der Waals surface area contributed by atoms with E-state index in [1.165, 1.54) is 5.56 Å². The van der Waals surface area contributed by atoms with Gasteiger partial charge in [-0.05, 0) is 27.0 Å². The first-order valence-electron chi connectivity index (χ1n) is 5.28. The lowest BCUT2D eigenvalue weighted by molar-refractivity contribution is 0.351. The molecule has 1 unspecified atom stereocenters. The topological polar surface area (TPSA) is 21.3 Å². The van der Waals surface area contributed by atoms with Crippen molar-refractivity contribution in [3.8, 4) is 5.75 Å². The van der Waals surface area contributed by atoms with Crippen LogP contribution in [0, 0.1) is 6.92 Å². The fraction of sp³-hybridized carbons (Fsp3) is 0.385. The number of halogens is 1. The number of hydrogen-bond acceptors (Lipinski definition) is 2. The first-order chi connectivity index (χ1) is 7.54. The van der Waals surface area contributed by atoms with Gasteiger partial charge in [-0.15, -0.1) is 0 Å². The standard InChI is InChI=1S/C13H18ClNO/c1-9-5-6-13(16-8-10(2)14)12(7-9)11(3)15-4/h5-7,11,15H,2,8H2,1,3-4H3. The lowest BCUT2D eigenvalue weighted by atomic mass is 10.0. The Morgan fingerprint density at radius 2 is 2.25 bits per heavy atom. The summed E-state index contributed by atoms with van der Waals surface area (Å²) in [5, 5.41) is 3.70. The molecule has 1 N–H and O–H groups in total. The minimum atomic E-state index is 0.249. The van der Waals surface area contributed by atoms with Gasteiger partial charge in [-0.25, -0.2) is 0 Å². The Labute approximate surface area is 102 Å². The van der Waals surface area contributed by atoms with Crippen molar-refractivity contribution in [3.63, 3.8) is 0 Å². The highest BCUT2D eigenvalue weighted by Crippen LogP contribution is 2.26. The van der Waals surface area contributed by atoms with E-state index < -0.39 is 0 Å². The highest BCUT2D eigenvalue weighted by Gasteiger charge is 2.10. The van der Waals surface area contributed by atoms with Crippen LogP contribution in [0.15, 0.2) is 29.8 Å². The second-order valence-electron chi connectivity index (χ2n) is 3.86. The van der Waals surface area contributed by atoms with Crippen LogP contribution in [0.1, 0.15) is 24.1 Å². The SMILES string of the molecule is C=C(Cl)COc1ccc(C)cc1C(C)NC. The number of rotatable bonds is 5. The molecule has 3 heteroatoms. The first-order valence-corrected chi connectivity index (χ1v) is 5.66. The smallest absolute Gasteiger partial charge is 0.124 e. The summed E-state index contributed by atoms with van der Waals surface area (Å²) in [4.78, 5) is 0. The van der Waals surface area contributed by atoms with Crippen molar-refractivity contribution < 1.29 is 4.74 Å². The Balaban J connectivity index is 2.93. The number of aryl methyl sites for hydroxylation is 1. The van der Waals surface area contributed by atoms with Crippen molar-refractivity contribution >= 4 is 11.6 Å². The molecule has 2 nitrogen and oxygen atoms in total. The molecule has 1 aromatic carbocycles. The van der Waals surface area contributed by atoms with Gasteiger partial charge in [0.05, 0.1) is 0 Å². The molecule has 1 atom stereocenters. The molecule has 0 aromatic heterocycles. The second-order valence-corrected chi connectivity index (χ2v) is 4.39. The van der Waals surface area contributed by atoms with Gasteiger partial charge in [0.2, 0.25) is 0 Å². The van der Waals surface area contributed by atoms with E-state index >= 15 is 0 Å². The summed E-state index contributed by atoms with van der Waals surface area (Å²) in [6.45, 7) is 8.11. The average Bonchev–Trinajstić information content (AvgIpc) is 2.26. The molecule has 16 heavy (non-hydrogen) atoms. The molecular formula is C13H18ClNO. The van der Waals surface area contributed by atoms with Crippen molar-refractivity contribution in [3.05, 3.63) is 40.9 Å². The van der Waals surface area contributed by atoms with Crippen molar-refractivity contribution in [1.29, 1.82) is 0 Å². The predicted molar refractivity (Wildman–Crippen MR) is 69.1 cm³/mol. The van der Waals surface area contributed by atoms with Gasteiger partial charge in [-0.1, -0.05) is 35.9 Å². The van der Waals surface area contributed by atoms with Crippen LogP contribution >= 0.6 is 11.6 Å². The molecule has 0 bridgehead atoms. The molecule has 0 aliphatic carbocycles. The maximum atomic E-state index is 5.69. The van der Waals surface area contributed by atoms with Crippen LogP contribution in [0.3, 0.4) is 0 Å². The zero-order chi connectivity index (χ0) is 12.1. The lowest BCUT2D eigenvalue weighted by Crippen LogP contribution is -2.14. The third kappa shape index (κ3) is 3.54. The fourth-order valence-electron chi connectivity index (χ4n) is 1.45. The fourth-order valence-corrected chi connectivity index (χ4v) is 1.50. The van der Waals surface area contributed by atoms with Crippen molar-refractivity contribution in [2.75, 3.05) is 13.7 Å². The maximum Gasteiger partial charge on any atom is 0.124 e. The normalized spacial score (nSPS) is 12.2. The molecule has 0 fully saturated rings. The Hall–Kier alpha value is -0.990. The quantitative estimate of drug-likeness (QED) is 0.850. The summed E-state index contributed by atoms with van der Waals surface area (Å²) >= 11 is 5.69. The van der Waals surface area contributed by atoms with Crippen LogP contribution < -0.4 is 10.1 Å². The summed E-state index contributed by atoms with van der Waals surface area (Å²) in [6.07, 6.45) is 0. The highest BCUT2D eigenvalue weighted by molar-refractivity contribution is 6.29. The number of ether oxygens (including phenoxy) is 1. The predicted octanol–water partition coefficient (Wildman–Crippen LogP) is 3.41. The van der Waals surface area contributed by atoms with Gasteiger partial charge in [0.15, 0.2) is 0 Å². The van der Waals surface area contributed by atoms with Crippen molar-refractivity contribution in [2.24, 2.45) is 0 Å². The van der Waals surface area contributed by atoms with Gasteiger partial charge in [0, 0.05) is 16.6 Å². The molecular weight excluding hydrogens is 222 g/mol. The maximum absolute atomic E-state index is 5.69. The van der Waals surface area contributed by atoms with E-state index in [1.807, 2.05) is 19.2 Å². The molecule has 1 aromatic rings. The Bertz CT molecular complexity index is 376. The average molecular weight is 240 g/mol. The van der Waals surface area contributed by atoms with Crippen molar-refractivity contribution in [1.82, 2.24) is 5.32 Å². The van der Waals surface area contributed by atoms with E-state index in [9.17, 15) is 0 Å². The van der Waals surface area contributed by atoms with Crippen LogP contribution in [-0.2, 0) is 0 Å². The molecule has 0 radical (unpaired) electrons.